The minimum atomic E-state index is -2.50. The van der Waals surface area contributed by atoms with Crippen molar-refractivity contribution in [1.29, 1.82) is 5.26 Å². The van der Waals surface area contributed by atoms with Gasteiger partial charge in [-0.2, -0.15) is 5.26 Å². The van der Waals surface area contributed by atoms with E-state index in [1.54, 1.807) is 4.90 Å². The van der Waals surface area contributed by atoms with Gasteiger partial charge < -0.3 is 9.64 Å². The second-order valence-electron chi connectivity index (χ2n) is 5.25. The van der Waals surface area contributed by atoms with Crippen molar-refractivity contribution in [2.24, 2.45) is 0 Å². The first kappa shape index (κ1) is 16.8. The number of amides is 1. The Kier molecular flexibility index (Phi) is 6.30. The molecule has 1 fully saturated rings. The molecule has 0 aliphatic carbocycles. The third-order valence-corrected chi connectivity index (χ3v) is 3.40. The number of rotatable bonds is 6. The van der Waals surface area contributed by atoms with Gasteiger partial charge in [0.2, 0.25) is 5.91 Å². The number of carbonyl (C=O) groups excluding carboxylic acids is 1. The maximum Gasteiger partial charge on any atom is 0.261 e. The topological polar surface area (TPSA) is 56.6 Å². The molecule has 5 nitrogen and oxygen atoms in total. The van der Waals surface area contributed by atoms with E-state index in [4.69, 9.17) is 10.00 Å². The van der Waals surface area contributed by atoms with Crippen LogP contribution in [0.1, 0.15) is 20.3 Å². The molecule has 0 aromatic heterocycles. The van der Waals surface area contributed by atoms with E-state index in [-0.39, 0.29) is 18.9 Å². The van der Waals surface area contributed by atoms with E-state index in [0.717, 1.165) is 0 Å². The largest absolute Gasteiger partial charge is 0.375 e. The zero-order valence-electron chi connectivity index (χ0n) is 11.9. The fourth-order valence-corrected chi connectivity index (χ4v) is 2.08. The molecule has 1 rings (SSSR count). The highest BCUT2D eigenvalue weighted by Crippen LogP contribution is 2.16. The molecule has 114 valence electrons. The van der Waals surface area contributed by atoms with Crippen molar-refractivity contribution in [3.05, 3.63) is 0 Å². The minimum Gasteiger partial charge on any atom is -0.375 e. The smallest absolute Gasteiger partial charge is 0.261 e. The highest BCUT2D eigenvalue weighted by atomic mass is 19.3. The van der Waals surface area contributed by atoms with Crippen LogP contribution in [0.25, 0.3) is 0 Å². The highest BCUT2D eigenvalue weighted by molar-refractivity contribution is 5.76. The van der Waals surface area contributed by atoms with E-state index < -0.39 is 18.6 Å². The molecule has 0 bridgehead atoms. The van der Waals surface area contributed by atoms with Crippen molar-refractivity contribution in [1.82, 2.24) is 9.80 Å². The first-order valence-electron chi connectivity index (χ1n) is 6.67. The van der Waals surface area contributed by atoms with E-state index in [0.29, 0.717) is 26.2 Å². The lowest BCUT2D eigenvalue weighted by molar-refractivity contribution is -0.135. The van der Waals surface area contributed by atoms with Gasteiger partial charge in [-0.05, 0) is 13.8 Å². The Morgan fingerprint density at radius 1 is 1.35 bits per heavy atom. The lowest BCUT2D eigenvalue weighted by Crippen LogP contribution is -2.55. The average molecular weight is 289 g/mol. The summed E-state index contributed by atoms with van der Waals surface area (Å²) in [4.78, 5) is 15.6. The van der Waals surface area contributed by atoms with Crippen LogP contribution in [-0.4, -0.2) is 67.1 Å². The Morgan fingerprint density at radius 2 is 1.95 bits per heavy atom. The minimum absolute atomic E-state index is 0.0209. The molecule has 0 atom stereocenters. The summed E-state index contributed by atoms with van der Waals surface area (Å²) in [6, 6.07) is 2.24. The summed E-state index contributed by atoms with van der Waals surface area (Å²) in [5, 5.41) is 9.06. The Bertz CT molecular complexity index is 361. The number of piperazine rings is 1. The molecule has 0 radical (unpaired) electrons. The number of carbonyl (C=O) groups is 1. The summed E-state index contributed by atoms with van der Waals surface area (Å²) in [6.07, 6.45) is -2.38. The second-order valence-corrected chi connectivity index (χ2v) is 5.25. The maximum atomic E-state index is 11.9. The summed E-state index contributed by atoms with van der Waals surface area (Å²) < 4.78 is 28.4. The van der Waals surface area contributed by atoms with Gasteiger partial charge in [0.15, 0.2) is 0 Å². The summed E-state index contributed by atoms with van der Waals surface area (Å²) in [7, 11) is 0. The quantitative estimate of drug-likeness (QED) is 0.687. The first-order chi connectivity index (χ1) is 9.36. The third-order valence-electron chi connectivity index (χ3n) is 3.40. The van der Waals surface area contributed by atoms with Gasteiger partial charge in [-0.3, -0.25) is 9.69 Å². The Morgan fingerprint density at radius 3 is 2.45 bits per heavy atom. The summed E-state index contributed by atoms with van der Waals surface area (Å²) >= 11 is 0. The van der Waals surface area contributed by atoms with E-state index >= 15 is 0 Å². The van der Waals surface area contributed by atoms with Gasteiger partial charge in [0, 0.05) is 26.2 Å². The van der Waals surface area contributed by atoms with Crippen LogP contribution in [0.4, 0.5) is 8.78 Å². The molecule has 0 saturated carbocycles. The predicted octanol–water partition coefficient (Wildman–Crippen LogP) is 1.10. The molecule has 0 N–H and O–H groups in total. The van der Waals surface area contributed by atoms with Crippen molar-refractivity contribution in [3.8, 4) is 6.07 Å². The van der Waals surface area contributed by atoms with Crippen LogP contribution in [-0.2, 0) is 9.53 Å². The zero-order chi connectivity index (χ0) is 15.2. The number of nitrogens with zero attached hydrogens (tertiary/aromatic N) is 3. The van der Waals surface area contributed by atoms with Crippen LogP contribution >= 0.6 is 0 Å². The van der Waals surface area contributed by atoms with Gasteiger partial charge in [-0.1, -0.05) is 0 Å². The van der Waals surface area contributed by atoms with Gasteiger partial charge in [0.05, 0.1) is 19.1 Å². The lowest BCUT2D eigenvalue weighted by Gasteiger charge is -2.40. The average Bonchev–Trinajstić information content (AvgIpc) is 2.43. The van der Waals surface area contributed by atoms with Crippen molar-refractivity contribution in [2.75, 3.05) is 39.4 Å². The first-order valence-corrected chi connectivity index (χ1v) is 6.67. The molecule has 1 saturated heterocycles. The van der Waals surface area contributed by atoms with Crippen LogP contribution in [0.15, 0.2) is 0 Å². The van der Waals surface area contributed by atoms with Gasteiger partial charge >= 0.3 is 0 Å². The highest BCUT2D eigenvalue weighted by Gasteiger charge is 2.30. The molecule has 0 aromatic rings. The molecule has 0 aromatic carbocycles. The number of alkyl halides is 2. The van der Waals surface area contributed by atoms with Crippen molar-refractivity contribution < 1.29 is 18.3 Å². The van der Waals surface area contributed by atoms with E-state index in [9.17, 15) is 13.6 Å². The van der Waals surface area contributed by atoms with Gasteiger partial charge in [-0.25, -0.2) is 8.78 Å². The monoisotopic (exact) mass is 289 g/mol. The Labute approximate surface area is 118 Å². The molecular weight excluding hydrogens is 268 g/mol. The van der Waals surface area contributed by atoms with Crippen LogP contribution in [0.5, 0.6) is 0 Å². The predicted molar refractivity (Wildman–Crippen MR) is 69.3 cm³/mol. The summed E-state index contributed by atoms with van der Waals surface area (Å²) in [5.41, 5.74) is -0.532. The summed E-state index contributed by atoms with van der Waals surface area (Å²) in [6.45, 7) is 5.49. The molecule has 0 spiro atoms. The molecular formula is C13H21F2N3O2. The number of ether oxygens (including phenoxy) is 1. The Balaban J connectivity index is 2.28. The number of halogens is 2. The molecule has 20 heavy (non-hydrogen) atoms. The normalized spacial score (nSPS) is 17.3. The van der Waals surface area contributed by atoms with Gasteiger partial charge in [0.25, 0.3) is 6.43 Å². The molecule has 1 amide bonds. The lowest BCUT2D eigenvalue weighted by atomic mass is 10.0. The summed E-state index contributed by atoms with van der Waals surface area (Å²) in [5.74, 6) is -0.0892. The zero-order valence-corrected chi connectivity index (χ0v) is 11.9. The van der Waals surface area contributed by atoms with Crippen molar-refractivity contribution >= 4 is 5.91 Å². The number of hydrogen-bond donors (Lipinski definition) is 0. The second kappa shape index (κ2) is 7.50. The number of nitriles is 1. The maximum absolute atomic E-state index is 11.9. The van der Waals surface area contributed by atoms with Crippen LogP contribution in [0, 0.1) is 11.3 Å². The fraction of sp³-hybridized carbons (Fsp3) is 0.846. The van der Waals surface area contributed by atoms with E-state index in [1.165, 1.54) is 0 Å². The van der Waals surface area contributed by atoms with Crippen molar-refractivity contribution in [2.45, 2.75) is 32.2 Å². The fourth-order valence-electron chi connectivity index (χ4n) is 2.08. The molecule has 0 unspecified atom stereocenters. The van der Waals surface area contributed by atoms with Gasteiger partial charge in [0.1, 0.15) is 12.1 Å². The van der Waals surface area contributed by atoms with Gasteiger partial charge in [-0.15, -0.1) is 0 Å². The van der Waals surface area contributed by atoms with Crippen LogP contribution in [0.2, 0.25) is 0 Å². The molecule has 7 heteroatoms. The third kappa shape index (κ3) is 5.02. The SMILES string of the molecule is CC(C)(C#N)N1CCN(C(=O)CCOCC(F)F)CC1. The van der Waals surface area contributed by atoms with Crippen molar-refractivity contribution in [3.63, 3.8) is 0 Å². The van der Waals surface area contributed by atoms with E-state index in [1.807, 2.05) is 18.7 Å². The molecule has 1 heterocycles. The Hall–Kier alpha value is -1.26. The molecule has 1 aliphatic rings. The van der Waals surface area contributed by atoms with Crippen LogP contribution < -0.4 is 0 Å². The molecule has 1 aliphatic heterocycles. The standard InChI is InChI=1S/C13H21F2N3O2/c1-13(2,10-16)18-6-4-17(5-7-18)12(19)3-8-20-9-11(14)15/h11H,3-9H2,1-2H3. The van der Waals surface area contributed by atoms with Crippen LogP contribution in [0.3, 0.4) is 0 Å². The number of hydrogen-bond acceptors (Lipinski definition) is 4. The van der Waals surface area contributed by atoms with E-state index in [2.05, 4.69) is 6.07 Å².